The minimum absolute atomic E-state index is 0. The van der Waals surface area contributed by atoms with Crippen molar-refractivity contribution in [2.24, 2.45) is 10.9 Å². The van der Waals surface area contributed by atoms with E-state index in [1.807, 2.05) is 18.2 Å². The summed E-state index contributed by atoms with van der Waals surface area (Å²) < 4.78 is 25.6. The second-order valence-electron chi connectivity index (χ2n) is 6.37. The van der Waals surface area contributed by atoms with E-state index in [4.69, 9.17) is 4.99 Å². The first-order valence-electron chi connectivity index (χ1n) is 8.48. The monoisotopic (exact) mass is 480 g/mol. The number of likely N-dealkylation sites (tertiary alicyclic amines) is 1. The molecule has 0 atom stereocenters. The molecule has 2 rings (SSSR count). The van der Waals surface area contributed by atoms with Crippen molar-refractivity contribution in [3.63, 3.8) is 0 Å². The predicted octanol–water partition coefficient (Wildman–Crippen LogP) is 2.87. The molecule has 0 radical (unpaired) electrons. The molecule has 1 aromatic carbocycles. The second kappa shape index (κ2) is 10.2. The summed E-state index contributed by atoms with van der Waals surface area (Å²) in [6.45, 7) is 7.61. The first-order chi connectivity index (χ1) is 11.4. The van der Waals surface area contributed by atoms with Gasteiger partial charge in [0, 0.05) is 19.6 Å². The lowest BCUT2D eigenvalue weighted by Crippen LogP contribution is -2.45. The van der Waals surface area contributed by atoms with Crippen LogP contribution in [0.25, 0.3) is 0 Å². The number of halogens is 1. The van der Waals surface area contributed by atoms with Gasteiger partial charge in [-0.2, -0.15) is 0 Å². The molecule has 0 spiro atoms. The van der Waals surface area contributed by atoms with Crippen LogP contribution in [0.2, 0.25) is 0 Å². The summed E-state index contributed by atoms with van der Waals surface area (Å²) in [7, 11) is -3.30. The van der Waals surface area contributed by atoms with Crippen LogP contribution < -0.4 is 10.0 Å². The van der Waals surface area contributed by atoms with Crippen LogP contribution in [0.4, 0.5) is 5.69 Å². The topological polar surface area (TPSA) is 73.8 Å². The number of para-hydroxylation sites is 1. The Balaban J connectivity index is 0.00000312. The molecular formula is C17H29IN4O2S. The van der Waals surface area contributed by atoms with Crippen LogP contribution in [0, 0.1) is 5.92 Å². The van der Waals surface area contributed by atoms with Gasteiger partial charge in [-0.15, -0.1) is 24.0 Å². The third kappa shape index (κ3) is 7.39. The smallest absolute Gasteiger partial charge is 0.229 e. The maximum Gasteiger partial charge on any atom is 0.229 e. The lowest BCUT2D eigenvalue weighted by molar-refractivity contribution is 0.273. The van der Waals surface area contributed by atoms with E-state index in [1.165, 1.54) is 12.8 Å². The van der Waals surface area contributed by atoms with Gasteiger partial charge in [-0.1, -0.05) is 25.1 Å². The molecule has 1 fully saturated rings. The Morgan fingerprint density at radius 2 is 1.92 bits per heavy atom. The zero-order chi connectivity index (χ0) is 17.6. The van der Waals surface area contributed by atoms with Crippen LogP contribution in [0.5, 0.6) is 0 Å². The van der Waals surface area contributed by atoms with Crippen molar-refractivity contribution in [1.29, 1.82) is 0 Å². The van der Waals surface area contributed by atoms with Crippen molar-refractivity contribution in [3.05, 3.63) is 29.8 Å². The Hall–Kier alpha value is -1.03. The summed E-state index contributed by atoms with van der Waals surface area (Å²) in [5.74, 6) is 1.67. The van der Waals surface area contributed by atoms with Crippen LogP contribution in [-0.4, -0.2) is 45.2 Å². The molecular weight excluding hydrogens is 451 g/mol. The summed E-state index contributed by atoms with van der Waals surface area (Å²) >= 11 is 0. The van der Waals surface area contributed by atoms with Crippen molar-refractivity contribution in [2.75, 3.05) is 30.6 Å². The number of hydrogen-bond acceptors (Lipinski definition) is 3. The largest absolute Gasteiger partial charge is 0.357 e. The summed E-state index contributed by atoms with van der Waals surface area (Å²) in [5.41, 5.74) is 1.45. The number of nitrogens with zero attached hydrogens (tertiary/aromatic N) is 2. The summed E-state index contributed by atoms with van der Waals surface area (Å²) in [6.07, 6.45) is 3.51. The molecule has 2 N–H and O–H groups in total. The Morgan fingerprint density at radius 1 is 1.28 bits per heavy atom. The van der Waals surface area contributed by atoms with Gasteiger partial charge >= 0.3 is 0 Å². The number of nitrogens with one attached hydrogen (secondary N) is 2. The Labute approximate surface area is 168 Å². The third-order valence-electron chi connectivity index (χ3n) is 4.13. The SMILES string of the molecule is CCNC(=NCc1ccccc1NS(C)(=O)=O)N1CCC(C)CC1.I. The Morgan fingerprint density at radius 3 is 2.52 bits per heavy atom. The van der Waals surface area contributed by atoms with Crippen molar-refractivity contribution in [1.82, 2.24) is 10.2 Å². The minimum atomic E-state index is -3.30. The predicted molar refractivity (Wildman–Crippen MR) is 115 cm³/mol. The lowest BCUT2D eigenvalue weighted by atomic mass is 10.00. The Kier molecular flexibility index (Phi) is 8.98. The molecule has 0 aromatic heterocycles. The Bertz CT molecular complexity index is 671. The molecule has 8 heteroatoms. The fraction of sp³-hybridized carbons (Fsp3) is 0.588. The average Bonchev–Trinajstić information content (AvgIpc) is 2.52. The number of benzene rings is 1. The number of aliphatic imine (C=N–C) groups is 1. The zero-order valence-corrected chi connectivity index (χ0v) is 18.3. The standard InChI is InChI=1S/C17H28N4O2S.HI/c1-4-18-17(21-11-9-14(2)10-12-21)19-13-15-7-5-6-8-16(15)20-24(3,22)23;/h5-8,14,20H,4,9-13H2,1-3H3,(H,18,19);1H. The van der Waals surface area contributed by atoms with E-state index >= 15 is 0 Å². The minimum Gasteiger partial charge on any atom is -0.357 e. The van der Waals surface area contributed by atoms with E-state index < -0.39 is 10.0 Å². The molecule has 25 heavy (non-hydrogen) atoms. The number of anilines is 1. The van der Waals surface area contributed by atoms with Gasteiger partial charge in [0.1, 0.15) is 0 Å². The summed E-state index contributed by atoms with van der Waals surface area (Å²) in [6, 6.07) is 7.38. The van der Waals surface area contributed by atoms with Crippen LogP contribution in [0.3, 0.4) is 0 Å². The molecule has 1 heterocycles. The quantitative estimate of drug-likeness (QED) is 0.386. The van der Waals surface area contributed by atoms with Crippen molar-refractivity contribution >= 4 is 45.6 Å². The molecule has 1 aliphatic rings. The molecule has 1 aliphatic heterocycles. The first kappa shape index (κ1) is 22.0. The highest BCUT2D eigenvalue weighted by atomic mass is 127. The van der Waals surface area contributed by atoms with Crippen LogP contribution in [0.15, 0.2) is 29.3 Å². The molecule has 1 saturated heterocycles. The lowest BCUT2D eigenvalue weighted by Gasteiger charge is -2.33. The van der Waals surface area contributed by atoms with E-state index in [9.17, 15) is 8.42 Å². The van der Waals surface area contributed by atoms with Gasteiger partial charge in [-0.05, 0) is 37.3 Å². The van der Waals surface area contributed by atoms with E-state index in [0.717, 1.165) is 43.3 Å². The van der Waals surface area contributed by atoms with Gasteiger partial charge in [0.2, 0.25) is 10.0 Å². The molecule has 0 aliphatic carbocycles. The van der Waals surface area contributed by atoms with Crippen LogP contribution in [-0.2, 0) is 16.6 Å². The van der Waals surface area contributed by atoms with Gasteiger partial charge in [0.15, 0.2) is 5.96 Å². The van der Waals surface area contributed by atoms with Gasteiger partial charge in [0.25, 0.3) is 0 Å². The van der Waals surface area contributed by atoms with Gasteiger partial charge in [-0.3, -0.25) is 4.72 Å². The third-order valence-corrected chi connectivity index (χ3v) is 4.72. The highest BCUT2D eigenvalue weighted by molar-refractivity contribution is 14.0. The maximum atomic E-state index is 11.5. The highest BCUT2D eigenvalue weighted by Crippen LogP contribution is 2.19. The number of piperidine rings is 1. The molecule has 1 aromatic rings. The highest BCUT2D eigenvalue weighted by Gasteiger charge is 2.18. The van der Waals surface area contributed by atoms with Crippen LogP contribution in [0.1, 0.15) is 32.3 Å². The molecule has 0 unspecified atom stereocenters. The molecule has 0 saturated carbocycles. The zero-order valence-electron chi connectivity index (χ0n) is 15.2. The van der Waals surface area contributed by atoms with E-state index in [0.29, 0.717) is 12.2 Å². The van der Waals surface area contributed by atoms with Crippen molar-refractivity contribution < 1.29 is 8.42 Å². The summed E-state index contributed by atoms with van der Waals surface area (Å²) in [4.78, 5) is 7.01. The van der Waals surface area contributed by atoms with E-state index in [-0.39, 0.29) is 24.0 Å². The van der Waals surface area contributed by atoms with E-state index in [2.05, 4.69) is 28.8 Å². The van der Waals surface area contributed by atoms with Gasteiger partial charge < -0.3 is 10.2 Å². The number of guanidine groups is 1. The molecule has 6 nitrogen and oxygen atoms in total. The van der Waals surface area contributed by atoms with Gasteiger partial charge in [-0.25, -0.2) is 13.4 Å². The second-order valence-corrected chi connectivity index (χ2v) is 8.12. The number of hydrogen-bond donors (Lipinski definition) is 2. The van der Waals surface area contributed by atoms with E-state index in [1.54, 1.807) is 6.07 Å². The van der Waals surface area contributed by atoms with Gasteiger partial charge in [0.05, 0.1) is 18.5 Å². The van der Waals surface area contributed by atoms with Crippen LogP contribution >= 0.6 is 24.0 Å². The average molecular weight is 480 g/mol. The molecule has 0 bridgehead atoms. The molecule has 0 amide bonds. The fourth-order valence-corrected chi connectivity index (χ4v) is 3.36. The van der Waals surface area contributed by atoms with Crippen molar-refractivity contribution in [3.8, 4) is 0 Å². The summed E-state index contributed by atoms with van der Waals surface area (Å²) in [5, 5.41) is 3.34. The van der Waals surface area contributed by atoms with Crippen molar-refractivity contribution in [2.45, 2.75) is 33.2 Å². The molecule has 142 valence electrons. The number of rotatable bonds is 5. The maximum absolute atomic E-state index is 11.5. The first-order valence-corrected chi connectivity index (χ1v) is 10.4. The number of sulfonamides is 1. The normalized spacial score (nSPS) is 16.3. The fourth-order valence-electron chi connectivity index (χ4n) is 2.76.